The van der Waals surface area contributed by atoms with E-state index in [-0.39, 0.29) is 5.91 Å². The Morgan fingerprint density at radius 2 is 1.74 bits per heavy atom. The van der Waals surface area contributed by atoms with Crippen LogP contribution in [0, 0.1) is 0 Å². The van der Waals surface area contributed by atoms with Gasteiger partial charge in [0, 0.05) is 29.2 Å². The summed E-state index contributed by atoms with van der Waals surface area (Å²) in [5, 5.41) is 16.1. The predicted octanol–water partition coefficient (Wildman–Crippen LogP) is 4.03. The molecule has 0 aliphatic heterocycles. The molecule has 3 aromatic heterocycles. The second-order valence-electron chi connectivity index (χ2n) is 7.05. The SMILES string of the molecule is O=C(Cc1ccccc1)Nc1cccc(-c2ccc3nnc(-c4cccnc4)n3n2)c1. The van der Waals surface area contributed by atoms with Crippen molar-refractivity contribution >= 4 is 17.2 Å². The molecule has 5 aromatic rings. The van der Waals surface area contributed by atoms with Crippen LogP contribution in [0.3, 0.4) is 0 Å². The van der Waals surface area contributed by atoms with Crippen molar-refractivity contribution < 1.29 is 4.79 Å². The van der Waals surface area contributed by atoms with Crippen LogP contribution in [0.2, 0.25) is 0 Å². The molecule has 1 N–H and O–H groups in total. The molecule has 0 bridgehead atoms. The fourth-order valence-corrected chi connectivity index (χ4v) is 3.36. The Kier molecular flexibility index (Phi) is 4.90. The van der Waals surface area contributed by atoms with E-state index in [1.807, 2.05) is 78.9 Å². The molecule has 0 fully saturated rings. The van der Waals surface area contributed by atoms with Crippen LogP contribution in [0.25, 0.3) is 28.3 Å². The van der Waals surface area contributed by atoms with Crippen LogP contribution in [0.4, 0.5) is 5.69 Å². The van der Waals surface area contributed by atoms with E-state index in [0.717, 1.165) is 28.1 Å². The first-order valence-electron chi connectivity index (χ1n) is 9.83. The Morgan fingerprint density at radius 1 is 0.871 bits per heavy atom. The van der Waals surface area contributed by atoms with Crippen LogP contribution in [0.15, 0.2) is 91.3 Å². The quantitative estimate of drug-likeness (QED) is 0.476. The van der Waals surface area contributed by atoms with Crippen LogP contribution in [-0.2, 0) is 11.2 Å². The molecule has 0 radical (unpaired) electrons. The van der Waals surface area contributed by atoms with Gasteiger partial charge in [-0.2, -0.15) is 9.61 Å². The minimum atomic E-state index is -0.0653. The summed E-state index contributed by atoms with van der Waals surface area (Å²) in [4.78, 5) is 16.6. The highest BCUT2D eigenvalue weighted by molar-refractivity contribution is 5.92. The van der Waals surface area contributed by atoms with Crippen LogP contribution < -0.4 is 5.32 Å². The smallest absolute Gasteiger partial charge is 0.228 e. The fourth-order valence-electron chi connectivity index (χ4n) is 3.36. The van der Waals surface area contributed by atoms with E-state index >= 15 is 0 Å². The second-order valence-corrected chi connectivity index (χ2v) is 7.05. The molecule has 1 amide bonds. The molecule has 7 heteroatoms. The largest absolute Gasteiger partial charge is 0.326 e. The minimum absolute atomic E-state index is 0.0653. The van der Waals surface area contributed by atoms with E-state index in [1.165, 1.54) is 0 Å². The number of nitrogens with one attached hydrogen (secondary N) is 1. The zero-order chi connectivity index (χ0) is 21.0. The van der Waals surface area contributed by atoms with Crippen molar-refractivity contribution in [1.82, 2.24) is 24.8 Å². The molecule has 150 valence electrons. The van der Waals surface area contributed by atoms with Gasteiger partial charge in [-0.15, -0.1) is 10.2 Å². The number of fused-ring (bicyclic) bond motifs is 1. The van der Waals surface area contributed by atoms with E-state index in [1.54, 1.807) is 16.9 Å². The van der Waals surface area contributed by atoms with Gasteiger partial charge in [-0.05, 0) is 42.0 Å². The summed E-state index contributed by atoms with van der Waals surface area (Å²) in [6.07, 6.45) is 3.77. The van der Waals surface area contributed by atoms with Crippen molar-refractivity contribution in [2.45, 2.75) is 6.42 Å². The summed E-state index contributed by atoms with van der Waals surface area (Å²) in [6, 6.07) is 24.8. The maximum Gasteiger partial charge on any atom is 0.228 e. The lowest BCUT2D eigenvalue weighted by atomic mass is 10.1. The number of hydrogen-bond donors (Lipinski definition) is 1. The Labute approximate surface area is 178 Å². The topological polar surface area (TPSA) is 85.1 Å². The summed E-state index contributed by atoms with van der Waals surface area (Å²) in [5.74, 6) is 0.557. The van der Waals surface area contributed by atoms with Crippen molar-refractivity contribution in [2.24, 2.45) is 0 Å². The number of benzene rings is 2. The van der Waals surface area contributed by atoms with E-state index < -0.39 is 0 Å². The zero-order valence-electron chi connectivity index (χ0n) is 16.5. The molecule has 0 atom stereocenters. The summed E-state index contributed by atoms with van der Waals surface area (Å²) in [7, 11) is 0. The molecule has 2 aromatic carbocycles. The summed E-state index contributed by atoms with van der Waals surface area (Å²) >= 11 is 0. The second kappa shape index (κ2) is 8.16. The van der Waals surface area contributed by atoms with Gasteiger partial charge in [-0.3, -0.25) is 9.78 Å². The third-order valence-electron chi connectivity index (χ3n) is 4.83. The van der Waals surface area contributed by atoms with Gasteiger partial charge in [0.05, 0.1) is 12.1 Å². The van der Waals surface area contributed by atoms with Crippen LogP contribution in [0.5, 0.6) is 0 Å². The lowest BCUT2D eigenvalue weighted by Gasteiger charge is -2.08. The van der Waals surface area contributed by atoms with Gasteiger partial charge in [-0.25, -0.2) is 0 Å². The van der Waals surface area contributed by atoms with Gasteiger partial charge in [-0.1, -0.05) is 42.5 Å². The van der Waals surface area contributed by atoms with Crippen molar-refractivity contribution in [3.63, 3.8) is 0 Å². The maximum absolute atomic E-state index is 12.4. The highest BCUT2D eigenvalue weighted by Gasteiger charge is 2.11. The van der Waals surface area contributed by atoms with Gasteiger partial charge in [0.1, 0.15) is 0 Å². The minimum Gasteiger partial charge on any atom is -0.326 e. The Balaban J connectivity index is 1.42. The third kappa shape index (κ3) is 4.02. The number of hydrogen-bond acceptors (Lipinski definition) is 5. The van der Waals surface area contributed by atoms with E-state index in [4.69, 9.17) is 5.10 Å². The molecule has 7 nitrogen and oxygen atoms in total. The number of aromatic nitrogens is 5. The molecule has 5 rings (SSSR count). The average molecular weight is 406 g/mol. The number of pyridine rings is 1. The molecular weight excluding hydrogens is 388 g/mol. The monoisotopic (exact) mass is 406 g/mol. The number of carbonyl (C=O) groups excluding carboxylic acids is 1. The number of rotatable bonds is 5. The van der Waals surface area contributed by atoms with Crippen LogP contribution in [-0.4, -0.2) is 30.7 Å². The normalized spacial score (nSPS) is 10.8. The standard InChI is InChI=1S/C24H18N6O/c31-23(14-17-6-2-1-3-7-17)26-20-10-4-8-18(15-20)21-11-12-22-27-28-24(30(22)29-21)19-9-5-13-25-16-19/h1-13,15-16H,14H2,(H,26,31). The van der Waals surface area contributed by atoms with Crippen molar-refractivity contribution in [3.05, 3.63) is 96.8 Å². The Morgan fingerprint density at radius 3 is 2.58 bits per heavy atom. The molecule has 0 aliphatic carbocycles. The Bertz CT molecular complexity index is 1350. The number of anilines is 1. The van der Waals surface area contributed by atoms with E-state index in [9.17, 15) is 4.79 Å². The van der Waals surface area contributed by atoms with Crippen molar-refractivity contribution in [1.29, 1.82) is 0 Å². The highest BCUT2D eigenvalue weighted by Crippen LogP contribution is 2.23. The summed E-state index contributed by atoms with van der Waals surface area (Å²) < 4.78 is 1.70. The molecular formula is C24H18N6O. The van der Waals surface area contributed by atoms with Crippen LogP contribution in [0.1, 0.15) is 5.56 Å². The lowest BCUT2D eigenvalue weighted by molar-refractivity contribution is -0.115. The van der Waals surface area contributed by atoms with Gasteiger partial charge < -0.3 is 5.32 Å². The molecule has 0 aliphatic rings. The molecule has 0 unspecified atom stereocenters. The molecule has 0 saturated heterocycles. The van der Waals surface area contributed by atoms with E-state index in [2.05, 4.69) is 20.5 Å². The lowest BCUT2D eigenvalue weighted by Crippen LogP contribution is -2.14. The van der Waals surface area contributed by atoms with Gasteiger partial charge in [0.2, 0.25) is 5.91 Å². The number of amides is 1. The molecule has 0 spiro atoms. The maximum atomic E-state index is 12.4. The first-order chi connectivity index (χ1) is 15.3. The first kappa shape index (κ1) is 18.6. The van der Waals surface area contributed by atoms with Crippen molar-refractivity contribution in [2.75, 3.05) is 5.32 Å². The first-order valence-corrected chi connectivity index (χ1v) is 9.83. The predicted molar refractivity (Wildman–Crippen MR) is 118 cm³/mol. The number of nitrogens with zero attached hydrogens (tertiary/aromatic N) is 5. The average Bonchev–Trinajstić information content (AvgIpc) is 3.24. The van der Waals surface area contributed by atoms with Gasteiger partial charge in [0.25, 0.3) is 0 Å². The summed E-state index contributed by atoms with van der Waals surface area (Å²) in [5.41, 5.74) is 4.80. The molecule has 31 heavy (non-hydrogen) atoms. The van der Waals surface area contributed by atoms with Gasteiger partial charge in [0.15, 0.2) is 11.5 Å². The molecule has 0 saturated carbocycles. The number of carbonyl (C=O) groups is 1. The third-order valence-corrected chi connectivity index (χ3v) is 4.83. The highest BCUT2D eigenvalue weighted by atomic mass is 16.1. The van der Waals surface area contributed by atoms with Gasteiger partial charge >= 0.3 is 0 Å². The van der Waals surface area contributed by atoms with Crippen LogP contribution >= 0.6 is 0 Å². The summed E-state index contributed by atoms with van der Waals surface area (Å²) in [6.45, 7) is 0. The fraction of sp³-hybridized carbons (Fsp3) is 0.0417. The Hall–Kier alpha value is -4.39. The van der Waals surface area contributed by atoms with Crippen molar-refractivity contribution in [3.8, 4) is 22.6 Å². The zero-order valence-corrected chi connectivity index (χ0v) is 16.5. The molecule has 3 heterocycles. The van der Waals surface area contributed by atoms with E-state index in [0.29, 0.717) is 17.9 Å².